The summed E-state index contributed by atoms with van der Waals surface area (Å²) in [6.07, 6.45) is 0. The Morgan fingerprint density at radius 2 is 1.45 bits per heavy atom. The van der Waals surface area contributed by atoms with Gasteiger partial charge in [0.05, 0.1) is 12.6 Å². The van der Waals surface area contributed by atoms with E-state index in [1.54, 1.807) is 7.11 Å². The third kappa shape index (κ3) is 3.89. The number of rotatable bonds is 4. The molecule has 0 bridgehead atoms. The molecule has 1 saturated heterocycles. The van der Waals surface area contributed by atoms with Gasteiger partial charge in [0.1, 0.15) is 17.4 Å². The van der Waals surface area contributed by atoms with Gasteiger partial charge in [0.2, 0.25) is 0 Å². The monoisotopic (exact) mass is 414 g/mol. The molecule has 6 heteroatoms. The van der Waals surface area contributed by atoms with Gasteiger partial charge < -0.3 is 14.5 Å². The number of hydrogen-bond acceptors (Lipinski definition) is 5. The van der Waals surface area contributed by atoms with Crippen LogP contribution < -0.4 is 14.5 Å². The van der Waals surface area contributed by atoms with E-state index >= 15 is 0 Å². The molecule has 0 spiro atoms. The van der Waals surface area contributed by atoms with E-state index in [1.165, 1.54) is 12.1 Å². The number of methoxy groups -OCH3 is 1. The fourth-order valence-electron chi connectivity index (χ4n) is 4.00. The SMILES string of the molecule is COc1ccc(-c2nc(N3CCN(c4ccc(F)cc4)CC3)c3ccccc3n2)cc1. The van der Waals surface area contributed by atoms with E-state index in [-0.39, 0.29) is 5.82 Å². The summed E-state index contributed by atoms with van der Waals surface area (Å²) in [5.41, 5.74) is 2.93. The second kappa shape index (κ2) is 8.22. The number of ether oxygens (including phenoxy) is 1. The van der Waals surface area contributed by atoms with Gasteiger partial charge in [-0.2, -0.15) is 0 Å². The molecule has 0 atom stereocenters. The van der Waals surface area contributed by atoms with Gasteiger partial charge in [-0.1, -0.05) is 12.1 Å². The number of piperazine rings is 1. The highest BCUT2D eigenvalue weighted by Crippen LogP contribution is 2.29. The smallest absolute Gasteiger partial charge is 0.162 e. The number of fused-ring (bicyclic) bond motifs is 1. The quantitative estimate of drug-likeness (QED) is 0.481. The summed E-state index contributed by atoms with van der Waals surface area (Å²) in [6.45, 7) is 3.37. The maximum atomic E-state index is 13.3. The Balaban J connectivity index is 1.45. The number of hydrogen-bond donors (Lipinski definition) is 0. The second-order valence-electron chi connectivity index (χ2n) is 7.57. The van der Waals surface area contributed by atoms with E-state index in [4.69, 9.17) is 14.7 Å². The predicted octanol–water partition coefficient (Wildman–Crippen LogP) is 4.77. The third-order valence-electron chi connectivity index (χ3n) is 5.70. The molecule has 5 nitrogen and oxygen atoms in total. The van der Waals surface area contributed by atoms with Crippen LogP contribution in [0.25, 0.3) is 22.3 Å². The molecule has 0 unspecified atom stereocenters. The molecule has 0 N–H and O–H groups in total. The average molecular weight is 414 g/mol. The molecule has 0 saturated carbocycles. The maximum absolute atomic E-state index is 13.3. The van der Waals surface area contributed by atoms with Crippen molar-refractivity contribution < 1.29 is 9.13 Å². The fraction of sp³-hybridized carbons (Fsp3) is 0.200. The Kier molecular flexibility index (Phi) is 5.12. The van der Waals surface area contributed by atoms with Gasteiger partial charge >= 0.3 is 0 Å². The van der Waals surface area contributed by atoms with E-state index in [9.17, 15) is 4.39 Å². The normalized spacial score (nSPS) is 14.1. The van der Waals surface area contributed by atoms with Crippen molar-refractivity contribution in [3.05, 3.63) is 78.6 Å². The number of para-hydroxylation sites is 1. The Hall–Kier alpha value is -3.67. The molecule has 0 radical (unpaired) electrons. The van der Waals surface area contributed by atoms with Crippen LogP contribution in [0.1, 0.15) is 0 Å². The van der Waals surface area contributed by atoms with Gasteiger partial charge in [0, 0.05) is 42.8 Å². The highest BCUT2D eigenvalue weighted by atomic mass is 19.1. The second-order valence-corrected chi connectivity index (χ2v) is 7.57. The summed E-state index contributed by atoms with van der Waals surface area (Å²) in [4.78, 5) is 14.4. The first-order valence-corrected chi connectivity index (χ1v) is 10.4. The molecule has 1 fully saturated rings. The molecule has 1 aromatic heterocycles. The lowest BCUT2D eigenvalue weighted by Crippen LogP contribution is -2.47. The zero-order valence-electron chi connectivity index (χ0n) is 17.3. The Morgan fingerprint density at radius 1 is 0.774 bits per heavy atom. The fourth-order valence-corrected chi connectivity index (χ4v) is 4.00. The van der Waals surface area contributed by atoms with Crippen molar-refractivity contribution in [3.63, 3.8) is 0 Å². The van der Waals surface area contributed by atoms with Crippen molar-refractivity contribution >= 4 is 22.4 Å². The summed E-state index contributed by atoms with van der Waals surface area (Å²) >= 11 is 0. The van der Waals surface area contributed by atoms with Gasteiger partial charge in [-0.05, 0) is 60.7 Å². The summed E-state index contributed by atoms with van der Waals surface area (Å²) in [5, 5.41) is 1.05. The molecule has 3 aromatic carbocycles. The summed E-state index contributed by atoms with van der Waals surface area (Å²) in [7, 11) is 1.66. The number of anilines is 2. The topological polar surface area (TPSA) is 41.5 Å². The Labute approximate surface area is 180 Å². The van der Waals surface area contributed by atoms with E-state index in [2.05, 4.69) is 15.9 Å². The molecular formula is C25H23FN4O. The average Bonchev–Trinajstić information content (AvgIpc) is 2.84. The van der Waals surface area contributed by atoms with Crippen molar-refractivity contribution in [2.45, 2.75) is 0 Å². The number of benzene rings is 3. The van der Waals surface area contributed by atoms with Crippen molar-refractivity contribution in [1.82, 2.24) is 9.97 Å². The number of halogens is 1. The van der Waals surface area contributed by atoms with Crippen LogP contribution in [0.5, 0.6) is 5.75 Å². The Morgan fingerprint density at radius 3 is 2.16 bits per heavy atom. The third-order valence-corrected chi connectivity index (χ3v) is 5.70. The minimum atomic E-state index is -0.207. The lowest BCUT2D eigenvalue weighted by Gasteiger charge is -2.37. The molecule has 5 rings (SSSR count). The van der Waals surface area contributed by atoms with Crippen LogP contribution in [0.4, 0.5) is 15.9 Å². The summed E-state index contributed by atoms with van der Waals surface area (Å²) in [6, 6.07) is 22.7. The largest absolute Gasteiger partial charge is 0.497 e. The van der Waals surface area contributed by atoms with Gasteiger partial charge in [-0.3, -0.25) is 0 Å². The first-order valence-electron chi connectivity index (χ1n) is 10.4. The van der Waals surface area contributed by atoms with Crippen LogP contribution >= 0.6 is 0 Å². The molecule has 1 aliphatic rings. The van der Waals surface area contributed by atoms with Crippen LogP contribution in [0.3, 0.4) is 0 Å². The lowest BCUT2D eigenvalue weighted by molar-refractivity contribution is 0.415. The molecule has 0 amide bonds. The molecule has 0 aliphatic carbocycles. The van der Waals surface area contributed by atoms with Crippen LogP contribution in [0.15, 0.2) is 72.8 Å². The molecule has 4 aromatic rings. The molecular weight excluding hydrogens is 391 g/mol. The maximum Gasteiger partial charge on any atom is 0.162 e. The van der Waals surface area contributed by atoms with E-state index in [0.717, 1.165) is 59.9 Å². The van der Waals surface area contributed by atoms with Crippen molar-refractivity contribution in [1.29, 1.82) is 0 Å². The zero-order valence-corrected chi connectivity index (χ0v) is 17.3. The molecule has 156 valence electrons. The standard InChI is InChI=1S/C25H23FN4O/c1-31-21-12-6-18(7-13-21)24-27-23-5-3-2-4-22(23)25(28-24)30-16-14-29(15-17-30)20-10-8-19(26)9-11-20/h2-13H,14-17H2,1H3. The highest BCUT2D eigenvalue weighted by Gasteiger charge is 2.21. The molecule has 31 heavy (non-hydrogen) atoms. The van der Waals surface area contributed by atoms with Gasteiger partial charge in [0.15, 0.2) is 5.82 Å². The molecule has 2 heterocycles. The van der Waals surface area contributed by atoms with Crippen LogP contribution in [0, 0.1) is 5.82 Å². The van der Waals surface area contributed by atoms with Gasteiger partial charge in [-0.15, -0.1) is 0 Å². The van der Waals surface area contributed by atoms with Crippen LogP contribution in [0.2, 0.25) is 0 Å². The molecule has 1 aliphatic heterocycles. The van der Waals surface area contributed by atoms with Crippen molar-refractivity contribution in [2.24, 2.45) is 0 Å². The minimum Gasteiger partial charge on any atom is -0.497 e. The predicted molar refractivity (Wildman–Crippen MR) is 122 cm³/mol. The van der Waals surface area contributed by atoms with Gasteiger partial charge in [0.25, 0.3) is 0 Å². The van der Waals surface area contributed by atoms with E-state index < -0.39 is 0 Å². The first-order chi connectivity index (χ1) is 15.2. The summed E-state index contributed by atoms with van der Waals surface area (Å²) in [5.74, 6) is 2.26. The zero-order chi connectivity index (χ0) is 21.2. The number of aromatic nitrogens is 2. The van der Waals surface area contributed by atoms with Crippen LogP contribution in [-0.4, -0.2) is 43.3 Å². The van der Waals surface area contributed by atoms with Gasteiger partial charge in [-0.25, -0.2) is 14.4 Å². The first kappa shape index (κ1) is 19.3. The summed E-state index contributed by atoms with van der Waals surface area (Å²) < 4.78 is 18.5. The minimum absolute atomic E-state index is 0.207. The van der Waals surface area contributed by atoms with E-state index in [1.807, 2.05) is 54.6 Å². The highest BCUT2D eigenvalue weighted by molar-refractivity contribution is 5.91. The van der Waals surface area contributed by atoms with Crippen molar-refractivity contribution in [3.8, 4) is 17.1 Å². The van der Waals surface area contributed by atoms with Crippen LogP contribution in [-0.2, 0) is 0 Å². The Bertz CT molecular complexity index is 1190. The lowest BCUT2D eigenvalue weighted by atomic mass is 10.1. The van der Waals surface area contributed by atoms with Crippen molar-refractivity contribution in [2.75, 3.05) is 43.1 Å². The number of nitrogens with zero attached hydrogens (tertiary/aromatic N) is 4. The van der Waals surface area contributed by atoms with E-state index in [0.29, 0.717) is 5.82 Å².